The predicted molar refractivity (Wildman–Crippen MR) is 76.9 cm³/mol. The molecule has 1 aliphatic rings. The van der Waals surface area contributed by atoms with E-state index in [1.165, 1.54) is 13.2 Å². The minimum absolute atomic E-state index is 0.0719. The van der Waals surface area contributed by atoms with Crippen molar-refractivity contribution in [3.8, 4) is 5.75 Å². The van der Waals surface area contributed by atoms with Crippen LogP contribution in [0.1, 0.15) is 23.7 Å². The molecule has 1 unspecified atom stereocenters. The number of alkyl halides is 3. The third-order valence-electron chi connectivity index (χ3n) is 3.85. The highest BCUT2D eigenvalue weighted by Gasteiger charge is 2.31. The Labute approximate surface area is 127 Å². The summed E-state index contributed by atoms with van der Waals surface area (Å²) in [7, 11) is 1.31. The van der Waals surface area contributed by atoms with Crippen LogP contribution >= 0.6 is 0 Å². The molecule has 0 saturated carbocycles. The molecule has 0 bridgehead atoms. The monoisotopic (exact) mass is 318 g/mol. The van der Waals surface area contributed by atoms with Crippen molar-refractivity contribution in [2.24, 2.45) is 0 Å². The summed E-state index contributed by atoms with van der Waals surface area (Å²) in [5, 5.41) is 13.5. The average Bonchev–Trinajstić information content (AvgIpc) is 2.52. The van der Waals surface area contributed by atoms with Crippen LogP contribution in [-0.2, 0) is 6.18 Å². The number of hydrogen-bond donors (Lipinski definition) is 2. The highest BCUT2D eigenvalue weighted by Crippen LogP contribution is 2.35. The lowest BCUT2D eigenvalue weighted by Gasteiger charge is -2.28. The van der Waals surface area contributed by atoms with Gasteiger partial charge in [-0.1, -0.05) is 6.07 Å². The number of methoxy groups -OCH3 is 1. The van der Waals surface area contributed by atoms with Gasteiger partial charge in [0.15, 0.2) is 0 Å². The Morgan fingerprint density at radius 3 is 2.59 bits per heavy atom. The second-order valence-corrected chi connectivity index (χ2v) is 5.35. The van der Waals surface area contributed by atoms with Gasteiger partial charge in [0, 0.05) is 38.3 Å². The molecule has 1 saturated heterocycles. The minimum Gasteiger partial charge on any atom is -0.496 e. The fourth-order valence-electron chi connectivity index (χ4n) is 2.56. The number of nitrogens with zero attached hydrogens (tertiary/aromatic N) is 1. The van der Waals surface area contributed by atoms with Crippen LogP contribution in [0.25, 0.3) is 0 Å². The van der Waals surface area contributed by atoms with Crippen molar-refractivity contribution in [2.45, 2.75) is 18.7 Å². The van der Waals surface area contributed by atoms with E-state index in [4.69, 9.17) is 4.74 Å². The number of ether oxygens (including phenoxy) is 1. The summed E-state index contributed by atoms with van der Waals surface area (Å²) < 4.78 is 43.1. The van der Waals surface area contributed by atoms with E-state index in [2.05, 4.69) is 10.2 Å². The number of aliphatic hydroxyl groups is 1. The largest absolute Gasteiger partial charge is 0.496 e. The number of rotatable bonds is 5. The number of nitrogens with one attached hydrogen (secondary N) is 1. The third-order valence-corrected chi connectivity index (χ3v) is 3.85. The first-order chi connectivity index (χ1) is 10.4. The van der Waals surface area contributed by atoms with Crippen LogP contribution in [0.2, 0.25) is 0 Å². The third kappa shape index (κ3) is 4.34. The van der Waals surface area contributed by atoms with Gasteiger partial charge >= 0.3 is 6.18 Å². The maximum absolute atomic E-state index is 12.7. The molecule has 1 atom stereocenters. The molecule has 1 heterocycles. The number of hydrogen-bond acceptors (Lipinski definition) is 4. The van der Waals surface area contributed by atoms with Crippen LogP contribution in [-0.4, -0.2) is 49.8 Å². The summed E-state index contributed by atoms with van der Waals surface area (Å²) in [6.45, 7) is 4.36. The Hall–Kier alpha value is -1.31. The zero-order valence-electron chi connectivity index (χ0n) is 12.5. The van der Waals surface area contributed by atoms with Crippen LogP contribution in [0.15, 0.2) is 18.2 Å². The molecule has 1 aromatic rings. The average molecular weight is 318 g/mol. The fraction of sp³-hybridized carbons (Fsp3) is 0.600. The summed E-state index contributed by atoms with van der Waals surface area (Å²) in [5.41, 5.74) is -0.381. The van der Waals surface area contributed by atoms with Gasteiger partial charge in [-0.2, -0.15) is 13.2 Å². The molecular formula is C15H21F3N2O2. The van der Waals surface area contributed by atoms with Gasteiger partial charge in [0.05, 0.1) is 18.8 Å². The molecular weight excluding hydrogens is 297 g/mol. The quantitative estimate of drug-likeness (QED) is 0.872. The zero-order valence-corrected chi connectivity index (χ0v) is 12.5. The van der Waals surface area contributed by atoms with Gasteiger partial charge in [0.1, 0.15) is 5.75 Å². The van der Waals surface area contributed by atoms with E-state index in [9.17, 15) is 18.3 Å². The molecule has 1 aromatic carbocycles. The Morgan fingerprint density at radius 2 is 2.00 bits per heavy atom. The van der Waals surface area contributed by atoms with Crippen molar-refractivity contribution in [3.63, 3.8) is 0 Å². The summed E-state index contributed by atoms with van der Waals surface area (Å²) in [5.74, 6) is 0.0719. The van der Waals surface area contributed by atoms with Crippen LogP contribution in [0.4, 0.5) is 13.2 Å². The summed E-state index contributed by atoms with van der Waals surface area (Å²) in [4.78, 5) is 2.22. The van der Waals surface area contributed by atoms with Gasteiger partial charge in [0.2, 0.25) is 0 Å². The van der Waals surface area contributed by atoms with Gasteiger partial charge in [-0.05, 0) is 18.6 Å². The Bertz CT molecular complexity index is 488. The molecule has 0 amide bonds. The van der Waals surface area contributed by atoms with E-state index in [1.807, 2.05) is 0 Å². The van der Waals surface area contributed by atoms with Crippen molar-refractivity contribution in [1.29, 1.82) is 0 Å². The summed E-state index contributed by atoms with van der Waals surface area (Å²) in [6, 6.07) is 3.21. The molecule has 2 N–H and O–H groups in total. The van der Waals surface area contributed by atoms with Gasteiger partial charge in [-0.25, -0.2) is 0 Å². The Morgan fingerprint density at radius 1 is 1.32 bits per heavy atom. The highest BCUT2D eigenvalue weighted by atomic mass is 19.4. The first-order valence-electron chi connectivity index (χ1n) is 7.28. The standard InChI is InChI=1S/C15H21F3N2O2/c1-22-14-10-11(15(16,17)18)2-3-12(14)13(21)4-7-20-8-5-19-6-9-20/h2-3,10,13,19,21H,4-9H2,1H3. The van der Waals surface area contributed by atoms with Gasteiger partial charge in [0.25, 0.3) is 0 Å². The molecule has 0 spiro atoms. The normalized spacial score (nSPS) is 18.2. The van der Waals surface area contributed by atoms with Gasteiger partial charge < -0.3 is 20.1 Å². The van der Waals surface area contributed by atoms with E-state index in [-0.39, 0.29) is 5.75 Å². The van der Waals surface area contributed by atoms with Gasteiger partial charge in [-0.3, -0.25) is 0 Å². The molecule has 0 radical (unpaired) electrons. The van der Waals surface area contributed by atoms with Crippen LogP contribution in [0, 0.1) is 0 Å². The molecule has 4 nitrogen and oxygen atoms in total. The second kappa shape index (κ2) is 7.30. The predicted octanol–water partition coefficient (Wildman–Crippen LogP) is 2.04. The van der Waals surface area contributed by atoms with E-state index in [1.54, 1.807) is 0 Å². The lowest BCUT2D eigenvalue weighted by atomic mass is 10.0. The van der Waals surface area contributed by atoms with E-state index >= 15 is 0 Å². The Kier molecular flexibility index (Phi) is 5.66. The number of piperazine rings is 1. The molecule has 2 rings (SSSR count). The highest BCUT2D eigenvalue weighted by molar-refractivity contribution is 5.40. The molecule has 7 heteroatoms. The van der Waals surface area contributed by atoms with Crippen molar-refractivity contribution >= 4 is 0 Å². The molecule has 0 aliphatic carbocycles. The van der Waals surface area contributed by atoms with Crippen LogP contribution < -0.4 is 10.1 Å². The number of aliphatic hydroxyl groups excluding tert-OH is 1. The number of benzene rings is 1. The topological polar surface area (TPSA) is 44.7 Å². The van der Waals surface area contributed by atoms with E-state index < -0.39 is 17.8 Å². The van der Waals surface area contributed by atoms with E-state index in [0.29, 0.717) is 18.5 Å². The van der Waals surface area contributed by atoms with Gasteiger partial charge in [-0.15, -0.1) is 0 Å². The second-order valence-electron chi connectivity index (χ2n) is 5.35. The minimum atomic E-state index is -4.42. The lowest BCUT2D eigenvalue weighted by molar-refractivity contribution is -0.137. The lowest BCUT2D eigenvalue weighted by Crippen LogP contribution is -2.44. The van der Waals surface area contributed by atoms with E-state index in [0.717, 1.165) is 38.3 Å². The SMILES string of the molecule is COc1cc(C(F)(F)F)ccc1C(O)CCN1CCNCC1. The summed E-state index contributed by atoms with van der Waals surface area (Å²) >= 11 is 0. The first kappa shape index (κ1) is 17.1. The molecule has 1 fully saturated rings. The summed E-state index contributed by atoms with van der Waals surface area (Å²) in [6.07, 6.45) is -4.80. The fourth-order valence-corrected chi connectivity index (χ4v) is 2.56. The van der Waals surface area contributed by atoms with Crippen molar-refractivity contribution in [1.82, 2.24) is 10.2 Å². The maximum atomic E-state index is 12.7. The molecule has 22 heavy (non-hydrogen) atoms. The molecule has 1 aliphatic heterocycles. The van der Waals surface area contributed by atoms with Crippen LogP contribution in [0.5, 0.6) is 5.75 Å². The van der Waals surface area contributed by atoms with Crippen molar-refractivity contribution < 1.29 is 23.0 Å². The zero-order chi connectivity index (χ0) is 16.2. The molecule has 124 valence electrons. The smallest absolute Gasteiger partial charge is 0.416 e. The van der Waals surface area contributed by atoms with Crippen molar-refractivity contribution in [2.75, 3.05) is 39.8 Å². The maximum Gasteiger partial charge on any atom is 0.416 e. The van der Waals surface area contributed by atoms with Crippen molar-refractivity contribution in [3.05, 3.63) is 29.3 Å². The number of halogens is 3. The molecule has 0 aromatic heterocycles. The van der Waals surface area contributed by atoms with Crippen LogP contribution in [0.3, 0.4) is 0 Å². The Balaban J connectivity index is 2.03. The first-order valence-corrected chi connectivity index (χ1v) is 7.28.